The molecule has 0 atom stereocenters. The van der Waals surface area contributed by atoms with Gasteiger partial charge in [0.1, 0.15) is 0 Å². The molecule has 0 saturated heterocycles. The molecule has 0 saturated carbocycles. The number of benzene rings is 3. The van der Waals surface area contributed by atoms with Crippen molar-refractivity contribution in [2.75, 3.05) is 11.9 Å². The molecule has 0 bridgehead atoms. The molecule has 0 aliphatic carbocycles. The maximum atomic E-state index is 13.1. The van der Waals surface area contributed by atoms with Gasteiger partial charge in [-0.15, -0.1) is 5.10 Å². The van der Waals surface area contributed by atoms with E-state index in [4.69, 9.17) is 4.42 Å². The lowest BCUT2D eigenvalue weighted by Gasteiger charge is -2.28. The van der Waals surface area contributed by atoms with Crippen LogP contribution in [0.15, 0.2) is 82.1 Å². The molecule has 1 N–H and O–H groups in total. The Hall–Kier alpha value is -3.82. The lowest BCUT2D eigenvalue weighted by Crippen LogP contribution is -2.35. The number of carbonyl (C=O) groups is 1. The summed E-state index contributed by atoms with van der Waals surface area (Å²) in [6.07, 6.45) is 0.671. The van der Waals surface area contributed by atoms with E-state index in [2.05, 4.69) is 15.5 Å². The predicted molar refractivity (Wildman–Crippen MR) is 127 cm³/mol. The van der Waals surface area contributed by atoms with Gasteiger partial charge in [0.2, 0.25) is 15.9 Å². The second-order valence-corrected chi connectivity index (χ2v) is 10.1. The van der Waals surface area contributed by atoms with Gasteiger partial charge < -0.3 is 4.42 Å². The van der Waals surface area contributed by atoms with Crippen molar-refractivity contribution in [1.29, 1.82) is 0 Å². The molecule has 1 aromatic heterocycles. The maximum Gasteiger partial charge on any atom is 0.322 e. The summed E-state index contributed by atoms with van der Waals surface area (Å²) in [6, 6.07) is 21.2. The summed E-state index contributed by atoms with van der Waals surface area (Å²) in [5, 5.41) is 10.4. The van der Waals surface area contributed by atoms with Gasteiger partial charge in [-0.1, -0.05) is 47.1 Å². The monoisotopic (exact) mass is 474 g/mol. The molecule has 5 rings (SSSR count). The summed E-state index contributed by atoms with van der Waals surface area (Å²) in [7, 11) is -3.68. The van der Waals surface area contributed by atoms with Crippen molar-refractivity contribution in [3.05, 3.63) is 95.1 Å². The van der Waals surface area contributed by atoms with E-state index in [-0.39, 0.29) is 16.5 Å². The van der Waals surface area contributed by atoms with Gasteiger partial charge in [0.15, 0.2) is 0 Å². The first kappa shape index (κ1) is 22.0. The Morgan fingerprint density at radius 1 is 0.971 bits per heavy atom. The molecule has 0 radical (unpaired) electrons. The number of hydrogen-bond donors (Lipinski definition) is 1. The van der Waals surface area contributed by atoms with Crippen molar-refractivity contribution in [3.63, 3.8) is 0 Å². The third kappa shape index (κ3) is 4.35. The topological polar surface area (TPSA) is 105 Å². The van der Waals surface area contributed by atoms with E-state index in [1.165, 1.54) is 34.1 Å². The van der Waals surface area contributed by atoms with Gasteiger partial charge in [-0.05, 0) is 60.9 Å². The number of anilines is 1. The van der Waals surface area contributed by atoms with Gasteiger partial charge in [0.25, 0.3) is 5.91 Å². The fraction of sp³-hybridized carbons (Fsp3) is 0.160. The summed E-state index contributed by atoms with van der Waals surface area (Å²) in [5.41, 5.74) is 4.26. The van der Waals surface area contributed by atoms with Gasteiger partial charge >= 0.3 is 6.01 Å². The standard InChI is InChI=1S/C25H22N4O4S/c1-17-5-4-8-20(15-17)24-27-28-25(33-24)26-23(30)19-9-11-22(12-10-19)34(31,32)29-14-13-18-6-2-3-7-21(18)16-29/h2-12,15H,13-14,16H2,1H3,(H,26,28,30). The summed E-state index contributed by atoms with van der Waals surface area (Å²) < 4.78 is 33.3. The third-order valence-electron chi connectivity index (χ3n) is 5.76. The number of nitrogens with zero attached hydrogens (tertiary/aromatic N) is 3. The van der Waals surface area contributed by atoms with Crippen LogP contribution in [0.5, 0.6) is 0 Å². The summed E-state index contributed by atoms with van der Waals surface area (Å²) in [6.45, 7) is 2.71. The van der Waals surface area contributed by atoms with Crippen LogP contribution < -0.4 is 5.32 Å². The average molecular weight is 475 g/mol. The fourth-order valence-electron chi connectivity index (χ4n) is 3.94. The Morgan fingerprint density at radius 2 is 1.74 bits per heavy atom. The van der Waals surface area contributed by atoms with Crippen molar-refractivity contribution >= 4 is 21.9 Å². The van der Waals surface area contributed by atoms with E-state index in [9.17, 15) is 13.2 Å². The van der Waals surface area contributed by atoms with E-state index >= 15 is 0 Å². The number of sulfonamides is 1. The van der Waals surface area contributed by atoms with Crippen molar-refractivity contribution in [2.45, 2.75) is 24.8 Å². The minimum absolute atomic E-state index is 0.0369. The van der Waals surface area contributed by atoms with Crippen LogP contribution in [0.3, 0.4) is 0 Å². The minimum Gasteiger partial charge on any atom is -0.403 e. The first-order valence-electron chi connectivity index (χ1n) is 10.8. The molecule has 1 aliphatic heterocycles. The van der Waals surface area contributed by atoms with Crippen LogP contribution in [0.25, 0.3) is 11.5 Å². The van der Waals surface area contributed by atoms with Gasteiger partial charge in [-0.2, -0.15) is 4.31 Å². The van der Waals surface area contributed by atoms with Gasteiger partial charge in [-0.25, -0.2) is 8.42 Å². The average Bonchev–Trinajstić information content (AvgIpc) is 3.32. The molecule has 172 valence electrons. The quantitative estimate of drug-likeness (QED) is 0.468. The molecule has 3 aromatic carbocycles. The third-order valence-corrected chi connectivity index (χ3v) is 7.62. The van der Waals surface area contributed by atoms with Crippen molar-refractivity contribution in [3.8, 4) is 11.5 Å². The second kappa shape index (κ2) is 8.85. The Labute approximate surface area is 197 Å². The highest BCUT2D eigenvalue weighted by Gasteiger charge is 2.28. The highest BCUT2D eigenvalue weighted by atomic mass is 32.2. The molecular weight excluding hydrogens is 452 g/mol. The summed E-state index contributed by atoms with van der Waals surface area (Å²) in [4.78, 5) is 12.8. The van der Waals surface area contributed by atoms with E-state index in [0.29, 0.717) is 25.4 Å². The van der Waals surface area contributed by atoms with Crippen LogP contribution in [0.4, 0.5) is 6.01 Å². The molecule has 34 heavy (non-hydrogen) atoms. The number of nitrogens with one attached hydrogen (secondary N) is 1. The highest BCUT2D eigenvalue weighted by molar-refractivity contribution is 7.89. The smallest absolute Gasteiger partial charge is 0.322 e. The Kier molecular flexibility index (Phi) is 5.72. The number of aryl methyl sites for hydroxylation is 1. The van der Waals surface area contributed by atoms with Crippen LogP contribution in [0, 0.1) is 6.92 Å². The first-order chi connectivity index (χ1) is 16.4. The summed E-state index contributed by atoms with van der Waals surface area (Å²) >= 11 is 0. The van der Waals surface area contributed by atoms with Crippen LogP contribution in [0.1, 0.15) is 27.0 Å². The molecule has 9 heteroatoms. The molecule has 0 fully saturated rings. The van der Waals surface area contributed by atoms with Crippen molar-refractivity contribution in [1.82, 2.24) is 14.5 Å². The molecule has 4 aromatic rings. The number of fused-ring (bicyclic) bond motifs is 1. The minimum atomic E-state index is -3.68. The molecule has 8 nitrogen and oxygen atoms in total. The van der Waals surface area contributed by atoms with E-state index in [0.717, 1.165) is 16.7 Å². The van der Waals surface area contributed by atoms with Crippen LogP contribution in [0.2, 0.25) is 0 Å². The Bertz CT molecular complexity index is 1460. The number of amides is 1. The van der Waals surface area contributed by atoms with E-state index < -0.39 is 15.9 Å². The van der Waals surface area contributed by atoms with Crippen LogP contribution in [-0.4, -0.2) is 35.4 Å². The van der Waals surface area contributed by atoms with Crippen molar-refractivity contribution < 1.29 is 17.6 Å². The SMILES string of the molecule is Cc1cccc(-c2nnc(NC(=O)c3ccc(S(=O)(=O)N4CCc5ccccc5C4)cc3)o2)c1. The molecule has 1 aliphatic rings. The zero-order valence-electron chi connectivity index (χ0n) is 18.4. The van der Waals surface area contributed by atoms with Gasteiger partial charge in [-0.3, -0.25) is 10.1 Å². The van der Waals surface area contributed by atoms with E-state index in [1.807, 2.05) is 55.5 Å². The first-order valence-corrected chi connectivity index (χ1v) is 12.2. The van der Waals surface area contributed by atoms with Crippen LogP contribution >= 0.6 is 0 Å². The van der Waals surface area contributed by atoms with Crippen molar-refractivity contribution in [2.24, 2.45) is 0 Å². The maximum absolute atomic E-state index is 13.1. The summed E-state index contributed by atoms with van der Waals surface area (Å²) in [5.74, 6) is -0.182. The highest BCUT2D eigenvalue weighted by Crippen LogP contribution is 2.25. The number of carbonyl (C=O) groups excluding carboxylic acids is 1. The fourth-order valence-corrected chi connectivity index (χ4v) is 5.36. The molecule has 0 unspecified atom stereocenters. The van der Waals surface area contributed by atoms with E-state index in [1.54, 1.807) is 0 Å². The molecular formula is C25H22N4O4S. The normalized spacial score (nSPS) is 13.9. The number of hydrogen-bond acceptors (Lipinski definition) is 6. The lowest BCUT2D eigenvalue weighted by molar-refractivity contribution is 0.102. The molecule has 0 spiro atoms. The number of rotatable bonds is 5. The van der Waals surface area contributed by atoms with Gasteiger partial charge in [0, 0.05) is 24.2 Å². The molecule has 1 amide bonds. The van der Waals surface area contributed by atoms with Crippen LogP contribution in [-0.2, 0) is 23.0 Å². The largest absolute Gasteiger partial charge is 0.403 e. The Balaban J connectivity index is 1.28. The number of aromatic nitrogens is 2. The Morgan fingerprint density at radius 3 is 2.50 bits per heavy atom. The molecule has 2 heterocycles. The predicted octanol–water partition coefficient (Wildman–Crippen LogP) is 4.04. The second-order valence-electron chi connectivity index (χ2n) is 8.12. The zero-order valence-corrected chi connectivity index (χ0v) is 19.2. The lowest BCUT2D eigenvalue weighted by atomic mass is 10.0. The van der Waals surface area contributed by atoms with Gasteiger partial charge in [0.05, 0.1) is 4.90 Å². The zero-order chi connectivity index (χ0) is 23.7.